The van der Waals surface area contributed by atoms with E-state index in [-0.39, 0.29) is 11.8 Å². The van der Waals surface area contributed by atoms with Crippen molar-refractivity contribution in [2.45, 2.75) is 26.7 Å². The maximum atomic E-state index is 11.9. The van der Waals surface area contributed by atoms with Crippen molar-refractivity contribution in [3.05, 3.63) is 29.7 Å². The summed E-state index contributed by atoms with van der Waals surface area (Å²) in [4.78, 5) is 25.0. The van der Waals surface area contributed by atoms with Crippen LogP contribution in [0.25, 0.3) is 11.3 Å². The monoisotopic (exact) mass is 389 g/mol. The molecule has 7 nitrogen and oxygen atoms in total. The summed E-state index contributed by atoms with van der Waals surface area (Å²) in [6, 6.07) is 1.72. The van der Waals surface area contributed by atoms with Gasteiger partial charge in [0.2, 0.25) is 5.91 Å². The summed E-state index contributed by atoms with van der Waals surface area (Å²) < 4.78 is 5.39. The van der Waals surface area contributed by atoms with E-state index in [1.165, 1.54) is 6.20 Å². The Hall–Kier alpha value is -2.25. The molecule has 0 bridgehead atoms. The van der Waals surface area contributed by atoms with E-state index in [0.29, 0.717) is 33.8 Å². The van der Waals surface area contributed by atoms with Gasteiger partial charge >= 0.3 is 0 Å². The summed E-state index contributed by atoms with van der Waals surface area (Å²) in [6.45, 7) is 6.11. The van der Waals surface area contributed by atoms with E-state index in [0.717, 1.165) is 32.6 Å². The highest BCUT2D eigenvalue weighted by Crippen LogP contribution is 2.28. The number of carbonyl (C=O) groups is 1. The first kappa shape index (κ1) is 19.5. The Balaban J connectivity index is 1.74. The third-order valence-corrected chi connectivity index (χ3v) is 4.76. The number of hydrogen-bond donors (Lipinski definition) is 2. The van der Waals surface area contributed by atoms with Crippen LogP contribution in [0.1, 0.15) is 26.7 Å². The molecule has 3 heterocycles. The van der Waals surface area contributed by atoms with Crippen molar-refractivity contribution < 1.29 is 9.53 Å². The largest absolute Gasteiger partial charge is 0.381 e. The number of carbonyl (C=O) groups excluding carboxylic acids is 1. The molecule has 0 saturated carbocycles. The maximum Gasteiger partial charge on any atom is 0.228 e. The summed E-state index contributed by atoms with van der Waals surface area (Å²) in [5.41, 5.74) is 1.30. The number of amides is 1. The SMILES string of the molecule is CC(C)C(=O)Nc1cc(-c2cncc(NCC3CCOCC3)n2)c(Cl)cn1. The van der Waals surface area contributed by atoms with E-state index >= 15 is 0 Å². The fraction of sp³-hybridized carbons (Fsp3) is 0.474. The van der Waals surface area contributed by atoms with Crippen LogP contribution in [0.15, 0.2) is 24.7 Å². The number of nitrogens with one attached hydrogen (secondary N) is 2. The van der Waals surface area contributed by atoms with Gasteiger partial charge in [-0.1, -0.05) is 25.4 Å². The van der Waals surface area contributed by atoms with E-state index in [1.807, 2.05) is 13.8 Å². The van der Waals surface area contributed by atoms with Crippen LogP contribution in [0.4, 0.5) is 11.6 Å². The molecule has 2 aromatic rings. The molecular weight excluding hydrogens is 366 g/mol. The molecule has 8 heteroatoms. The van der Waals surface area contributed by atoms with E-state index in [1.54, 1.807) is 18.5 Å². The minimum Gasteiger partial charge on any atom is -0.381 e. The van der Waals surface area contributed by atoms with Gasteiger partial charge in [-0.3, -0.25) is 9.78 Å². The quantitative estimate of drug-likeness (QED) is 0.784. The lowest BCUT2D eigenvalue weighted by atomic mass is 10.0. The first-order valence-electron chi connectivity index (χ1n) is 9.13. The summed E-state index contributed by atoms with van der Waals surface area (Å²) in [5, 5.41) is 6.58. The number of anilines is 2. The molecule has 144 valence electrons. The molecule has 3 rings (SSSR count). The number of rotatable bonds is 6. The van der Waals surface area contributed by atoms with Crippen molar-refractivity contribution >= 4 is 29.1 Å². The van der Waals surface area contributed by atoms with E-state index in [2.05, 4.69) is 25.6 Å². The summed E-state index contributed by atoms with van der Waals surface area (Å²) >= 11 is 6.30. The average Bonchev–Trinajstić information content (AvgIpc) is 2.69. The van der Waals surface area contributed by atoms with Crippen LogP contribution in [0, 0.1) is 11.8 Å². The number of ether oxygens (including phenoxy) is 1. The Morgan fingerprint density at radius 1 is 1.26 bits per heavy atom. The van der Waals surface area contributed by atoms with Gasteiger partial charge in [0.25, 0.3) is 0 Å². The van der Waals surface area contributed by atoms with Gasteiger partial charge in [-0.25, -0.2) is 9.97 Å². The molecule has 2 aromatic heterocycles. The standard InChI is InChI=1S/C19H24ClN5O2/c1-12(2)19(26)25-17-7-14(15(20)9-23-17)16-10-21-11-18(24-16)22-8-13-3-5-27-6-4-13/h7,9-13H,3-6,8H2,1-2H3,(H,22,24)(H,23,25,26). The molecule has 0 aromatic carbocycles. The lowest BCUT2D eigenvalue weighted by Gasteiger charge is -2.22. The Bertz CT molecular complexity index is 793. The molecule has 2 N–H and O–H groups in total. The highest BCUT2D eigenvalue weighted by Gasteiger charge is 2.15. The maximum absolute atomic E-state index is 11.9. The van der Waals surface area contributed by atoms with Gasteiger partial charge in [-0.2, -0.15) is 0 Å². The van der Waals surface area contributed by atoms with Crippen LogP contribution < -0.4 is 10.6 Å². The first-order valence-corrected chi connectivity index (χ1v) is 9.51. The number of hydrogen-bond acceptors (Lipinski definition) is 6. The minimum absolute atomic E-state index is 0.103. The van der Waals surface area contributed by atoms with Gasteiger partial charge in [-0.05, 0) is 24.8 Å². The second kappa shape index (κ2) is 9.10. The zero-order chi connectivity index (χ0) is 19.2. The van der Waals surface area contributed by atoms with E-state index in [4.69, 9.17) is 16.3 Å². The molecular formula is C19H24ClN5O2. The number of nitrogens with zero attached hydrogens (tertiary/aromatic N) is 3. The van der Waals surface area contributed by atoms with Crippen molar-refractivity contribution in [1.82, 2.24) is 15.0 Å². The Labute approximate surface area is 163 Å². The van der Waals surface area contributed by atoms with Gasteiger partial charge in [0.05, 0.1) is 23.1 Å². The van der Waals surface area contributed by atoms with Crippen molar-refractivity contribution in [1.29, 1.82) is 0 Å². The molecule has 1 amide bonds. The normalized spacial score (nSPS) is 15.0. The Kier molecular flexibility index (Phi) is 6.58. The van der Waals surface area contributed by atoms with Crippen LogP contribution in [0.3, 0.4) is 0 Å². The summed E-state index contributed by atoms with van der Waals surface area (Å²) in [6.07, 6.45) is 6.95. The fourth-order valence-corrected chi connectivity index (χ4v) is 2.95. The third kappa shape index (κ3) is 5.37. The van der Waals surface area contributed by atoms with Gasteiger partial charge in [0.1, 0.15) is 11.6 Å². The Morgan fingerprint density at radius 3 is 2.78 bits per heavy atom. The zero-order valence-electron chi connectivity index (χ0n) is 15.5. The second-order valence-corrected chi connectivity index (χ2v) is 7.33. The lowest BCUT2D eigenvalue weighted by Crippen LogP contribution is -2.23. The number of pyridine rings is 1. The highest BCUT2D eigenvalue weighted by atomic mass is 35.5. The molecule has 0 radical (unpaired) electrons. The van der Waals surface area contributed by atoms with Crippen LogP contribution in [0.2, 0.25) is 5.02 Å². The van der Waals surface area contributed by atoms with Crippen molar-refractivity contribution in [3.8, 4) is 11.3 Å². The highest BCUT2D eigenvalue weighted by molar-refractivity contribution is 6.33. The van der Waals surface area contributed by atoms with E-state index < -0.39 is 0 Å². The van der Waals surface area contributed by atoms with Crippen LogP contribution in [-0.2, 0) is 9.53 Å². The minimum atomic E-state index is -0.136. The first-order chi connectivity index (χ1) is 13.0. The second-order valence-electron chi connectivity index (χ2n) is 6.92. The molecule has 0 aliphatic carbocycles. The predicted molar refractivity (Wildman–Crippen MR) is 106 cm³/mol. The van der Waals surface area contributed by atoms with Gasteiger partial charge in [0.15, 0.2) is 0 Å². The van der Waals surface area contributed by atoms with Crippen LogP contribution >= 0.6 is 11.6 Å². The molecule has 0 unspecified atom stereocenters. The van der Waals surface area contributed by atoms with Crippen LogP contribution in [0.5, 0.6) is 0 Å². The van der Waals surface area contributed by atoms with Gasteiger partial charge in [0, 0.05) is 37.4 Å². The van der Waals surface area contributed by atoms with Crippen LogP contribution in [-0.4, -0.2) is 40.6 Å². The molecule has 1 aliphatic rings. The molecule has 27 heavy (non-hydrogen) atoms. The lowest BCUT2D eigenvalue weighted by molar-refractivity contribution is -0.118. The van der Waals surface area contributed by atoms with Crippen molar-refractivity contribution in [2.24, 2.45) is 11.8 Å². The van der Waals surface area contributed by atoms with Gasteiger partial charge < -0.3 is 15.4 Å². The zero-order valence-corrected chi connectivity index (χ0v) is 16.3. The number of halogens is 1. The Morgan fingerprint density at radius 2 is 2.04 bits per heavy atom. The summed E-state index contributed by atoms with van der Waals surface area (Å²) in [7, 11) is 0. The predicted octanol–water partition coefficient (Wildman–Crippen LogP) is 3.63. The molecule has 1 saturated heterocycles. The average molecular weight is 390 g/mol. The molecule has 0 atom stereocenters. The topological polar surface area (TPSA) is 89.0 Å². The molecule has 1 aliphatic heterocycles. The summed E-state index contributed by atoms with van der Waals surface area (Å²) in [5.74, 6) is 1.47. The van der Waals surface area contributed by atoms with Crippen molar-refractivity contribution in [3.63, 3.8) is 0 Å². The van der Waals surface area contributed by atoms with Gasteiger partial charge in [-0.15, -0.1) is 0 Å². The van der Waals surface area contributed by atoms with Crippen molar-refractivity contribution in [2.75, 3.05) is 30.4 Å². The fourth-order valence-electron chi connectivity index (χ4n) is 2.75. The number of aromatic nitrogens is 3. The smallest absolute Gasteiger partial charge is 0.228 e. The molecule has 0 spiro atoms. The van der Waals surface area contributed by atoms with E-state index in [9.17, 15) is 4.79 Å². The third-order valence-electron chi connectivity index (χ3n) is 4.45. The molecule has 1 fully saturated rings.